The Morgan fingerprint density at radius 2 is 2.00 bits per heavy atom. The summed E-state index contributed by atoms with van der Waals surface area (Å²) in [5, 5.41) is 13.9. The summed E-state index contributed by atoms with van der Waals surface area (Å²) in [6.07, 6.45) is 0.908. The Bertz CT molecular complexity index is 124. The third-order valence-electron chi connectivity index (χ3n) is 1.67. The zero-order valence-corrected chi connectivity index (χ0v) is 7.34. The fraction of sp³-hybridized carbons (Fsp3) is 0.857. The lowest BCUT2D eigenvalue weighted by Gasteiger charge is -2.21. The molecule has 5 N–H and O–H groups in total. The first-order valence-electron chi connectivity index (χ1n) is 4.07. The van der Waals surface area contributed by atoms with E-state index in [0.29, 0.717) is 0 Å². The summed E-state index contributed by atoms with van der Waals surface area (Å²) >= 11 is 0. The normalized spacial score (nSPS) is 17.5. The monoisotopic (exact) mass is 175 g/mol. The van der Waals surface area contributed by atoms with Crippen LogP contribution in [0.15, 0.2) is 0 Å². The van der Waals surface area contributed by atoms with Crippen molar-refractivity contribution in [2.75, 3.05) is 20.1 Å². The van der Waals surface area contributed by atoms with Gasteiger partial charge in [-0.25, -0.2) is 4.79 Å². The lowest BCUT2D eigenvalue weighted by Crippen LogP contribution is -2.42. The van der Waals surface area contributed by atoms with Crippen LogP contribution in [-0.2, 0) is 0 Å². The molecule has 0 aromatic carbocycles. The molecular weight excluding hydrogens is 158 g/mol. The Labute approximate surface area is 72.3 Å². The molecule has 0 atom stereocenters. The highest BCUT2D eigenvalue weighted by atomic mass is 16.4. The van der Waals surface area contributed by atoms with Crippen LogP contribution >= 0.6 is 0 Å². The molecule has 1 saturated heterocycles. The van der Waals surface area contributed by atoms with E-state index in [-0.39, 0.29) is 6.04 Å². The predicted molar refractivity (Wildman–Crippen MR) is 47.2 cm³/mol. The van der Waals surface area contributed by atoms with Gasteiger partial charge in [-0.05, 0) is 33.0 Å². The van der Waals surface area contributed by atoms with E-state index < -0.39 is 6.09 Å². The van der Waals surface area contributed by atoms with Gasteiger partial charge in [0.25, 0.3) is 0 Å². The van der Waals surface area contributed by atoms with Crippen molar-refractivity contribution in [3.63, 3.8) is 0 Å². The molecule has 0 bridgehead atoms. The fourth-order valence-electron chi connectivity index (χ4n) is 1.14. The van der Waals surface area contributed by atoms with Crippen LogP contribution in [0.25, 0.3) is 0 Å². The number of carboxylic acid groups (broad SMARTS) is 1. The molecule has 1 fully saturated rings. The van der Waals surface area contributed by atoms with Crippen molar-refractivity contribution in [3.05, 3.63) is 0 Å². The number of nitrogens with one attached hydrogen (secondary N) is 2. The van der Waals surface area contributed by atoms with E-state index in [1.54, 1.807) is 0 Å². The third kappa shape index (κ3) is 4.92. The molecule has 1 aliphatic rings. The van der Waals surface area contributed by atoms with Gasteiger partial charge in [0, 0.05) is 6.04 Å². The van der Waals surface area contributed by atoms with Crippen molar-refractivity contribution < 1.29 is 9.90 Å². The van der Waals surface area contributed by atoms with E-state index in [1.807, 2.05) is 0 Å². The van der Waals surface area contributed by atoms with Crippen molar-refractivity contribution >= 4 is 6.09 Å². The molecule has 0 aromatic heterocycles. The maximum atomic E-state index is 10.1. The molecule has 1 aliphatic heterocycles. The average Bonchev–Trinajstić information content (AvgIpc) is 2.08. The SMILES string of the molecule is CN.O=C(O)NC1CCNCC1. The van der Waals surface area contributed by atoms with Crippen LogP contribution in [0, 0.1) is 0 Å². The lowest BCUT2D eigenvalue weighted by atomic mass is 10.1. The average molecular weight is 175 g/mol. The highest BCUT2D eigenvalue weighted by molar-refractivity contribution is 5.64. The summed E-state index contributed by atoms with van der Waals surface area (Å²) in [6, 6.07) is 0.166. The summed E-state index contributed by atoms with van der Waals surface area (Å²) in [4.78, 5) is 10.1. The highest BCUT2D eigenvalue weighted by Gasteiger charge is 2.13. The van der Waals surface area contributed by atoms with Gasteiger partial charge in [0.1, 0.15) is 0 Å². The number of carbonyl (C=O) groups is 1. The minimum absolute atomic E-state index is 0.166. The van der Waals surface area contributed by atoms with Crippen LogP contribution in [0.3, 0.4) is 0 Å². The summed E-state index contributed by atoms with van der Waals surface area (Å²) in [7, 11) is 1.50. The van der Waals surface area contributed by atoms with Gasteiger partial charge < -0.3 is 21.5 Å². The Balaban J connectivity index is 0.000000561. The molecule has 5 nitrogen and oxygen atoms in total. The summed E-state index contributed by atoms with van der Waals surface area (Å²) < 4.78 is 0. The Morgan fingerprint density at radius 3 is 2.42 bits per heavy atom. The van der Waals surface area contributed by atoms with E-state index in [2.05, 4.69) is 16.4 Å². The van der Waals surface area contributed by atoms with Crippen molar-refractivity contribution in [1.82, 2.24) is 10.6 Å². The van der Waals surface area contributed by atoms with Gasteiger partial charge in [-0.2, -0.15) is 0 Å². The first kappa shape index (κ1) is 11.2. The van der Waals surface area contributed by atoms with Crippen LogP contribution in [0.4, 0.5) is 4.79 Å². The van der Waals surface area contributed by atoms with Crippen LogP contribution in [0.5, 0.6) is 0 Å². The predicted octanol–water partition coefficient (Wildman–Crippen LogP) is -0.419. The van der Waals surface area contributed by atoms with Crippen molar-refractivity contribution in [2.45, 2.75) is 18.9 Å². The largest absolute Gasteiger partial charge is 0.465 e. The quantitative estimate of drug-likeness (QED) is 0.436. The van der Waals surface area contributed by atoms with Gasteiger partial charge in [0.05, 0.1) is 0 Å². The van der Waals surface area contributed by atoms with E-state index in [9.17, 15) is 4.79 Å². The summed E-state index contributed by atoms with van der Waals surface area (Å²) in [5.74, 6) is 0. The molecule has 0 aromatic rings. The molecule has 1 heterocycles. The van der Waals surface area contributed by atoms with Crippen LogP contribution in [0.2, 0.25) is 0 Å². The van der Waals surface area contributed by atoms with Gasteiger partial charge in [0.2, 0.25) is 0 Å². The number of nitrogens with two attached hydrogens (primary N) is 1. The molecule has 0 spiro atoms. The minimum atomic E-state index is -0.910. The summed E-state index contributed by atoms with van der Waals surface area (Å²) in [6.45, 7) is 1.84. The molecule has 0 aliphatic carbocycles. The molecular formula is C7H17N3O2. The van der Waals surface area contributed by atoms with Crippen molar-refractivity contribution in [1.29, 1.82) is 0 Å². The fourth-order valence-corrected chi connectivity index (χ4v) is 1.14. The smallest absolute Gasteiger partial charge is 0.404 e. The van der Waals surface area contributed by atoms with Crippen molar-refractivity contribution in [3.8, 4) is 0 Å². The Hall–Kier alpha value is -0.810. The molecule has 5 heteroatoms. The second kappa shape index (κ2) is 6.87. The molecule has 0 unspecified atom stereocenters. The zero-order chi connectivity index (χ0) is 9.40. The lowest BCUT2D eigenvalue weighted by molar-refractivity contribution is 0.186. The van der Waals surface area contributed by atoms with Gasteiger partial charge in [-0.3, -0.25) is 0 Å². The molecule has 1 rings (SSSR count). The minimum Gasteiger partial charge on any atom is -0.465 e. The molecule has 1 amide bonds. The maximum Gasteiger partial charge on any atom is 0.404 e. The van der Waals surface area contributed by atoms with Crippen LogP contribution < -0.4 is 16.4 Å². The zero-order valence-electron chi connectivity index (χ0n) is 7.34. The van der Waals surface area contributed by atoms with E-state index >= 15 is 0 Å². The number of hydrogen-bond donors (Lipinski definition) is 4. The highest BCUT2D eigenvalue weighted by Crippen LogP contribution is 2.00. The standard InChI is InChI=1S/C6H12N2O2.CH5N/c9-6(10)8-5-1-3-7-4-2-5;1-2/h5,7-8H,1-4H2,(H,9,10);2H2,1H3. The molecule has 0 saturated carbocycles. The third-order valence-corrected chi connectivity index (χ3v) is 1.67. The molecule has 12 heavy (non-hydrogen) atoms. The van der Waals surface area contributed by atoms with Gasteiger partial charge in [0.15, 0.2) is 0 Å². The van der Waals surface area contributed by atoms with Gasteiger partial charge >= 0.3 is 6.09 Å². The van der Waals surface area contributed by atoms with Crippen molar-refractivity contribution in [2.24, 2.45) is 5.73 Å². The van der Waals surface area contributed by atoms with Gasteiger partial charge in [-0.15, -0.1) is 0 Å². The first-order valence-corrected chi connectivity index (χ1v) is 4.07. The number of rotatable bonds is 1. The number of amides is 1. The first-order chi connectivity index (χ1) is 5.79. The number of hydrogen-bond acceptors (Lipinski definition) is 3. The molecule has 72 valence electrons. The Morgan fingerprint density at radius 1 is 1.50 bits per heavy atom. The Kier molecular flexibility index (Phi) is 6.41. The van der Waals surface area contributed by atoms with Gasteiger partial charge in [-0.1, -0.05) is 0 Å². The second-order valence-electron chi connectivity index (χ2n) is 2.47. The van der Waals surface area contributed by atoms with E-state index in [1.165, 1.54) is 7.05 Å². The van der Waals surface area contributed by atoms with E-state index in [0.717, 1.165) is 25.9 Å². The van der Waals surface area contributed by atoms with Crippen LogP contribution in [0.1, 0.15) is 12.8 Å². The second-order valence-corrected chi connectivity index (χ2v) is 2.47. The maximum absolute atomic E-state index is 10.1. The van der Waals surface area contributed by atoms with Crippen LogP contribution in [-0.4, -0.2) is 37.4 Å². The molecule has 0 radical (unpaired) electrons. The summed E-state index contributed by atoms with van der Waals surface area (Å²) in [5.41, 5.74) is 4.50. The topological polar surface area (TPSA) is 87.4 Å². The number of piperidine rings is 1. The van der Waals surface area contributed by atoms with E-state index in [4.69, 9.17) is 5.11 Å².